The molecule has 94 valence electrons. The van der Waals surface area contributed by atoms with Gasteiger partial charge in [-0.05, 0) is 46.6 Å². The third-order valence-corrected chi connectivity index (χ3v) is 2.94. The van der Waals surface area contributed by atoms with Gasteiger partial charge in [0.15, 0.2) is 0 Å². The zero-order chi connectivity index (χ0) is 12.6. The molecule has 1 fully saturated rings. The van der Waals surface area contributed by atoms with Crippen molar-refractivity contribution in [1.29, 1.82) is 0 Å². The Balaban J connectivity index is 2.34. The minimum Gasteiger partial charge on any atom is -0.351 e. The van der Waals surface area contributed by atoms with Crippen molar-refractivity contribution in [3.8, 4) is 0 Å². The predicted octanol–water partition coefficient (Wildman–Crippen LogP) is 2.27. The molecule has 0 radical (unpaired) electrons. The largest absolute Gasteiger partial charge is 0.351 e. The second kappa shape index (κ2) is 4.17. The number of nitrogens with zero attached hydrogens (tertiary/aromatic N) is 2. The fourth-order valence-electron chi connectivity index (χ4n) is 1.96. The first-order valence-electron chi connectivity index (χ1n) is 6.32. The van der Waals surface area contributed by atoms with E-state index >= 15 is 0 Å². The topological polar surface area (TPSA) is 46.9 Å². The van der Waals surface area contributed by atoms with Gasteiger partial charge in [-0.1, -0.05) is 0 Å². The van der Waals surface area contributed by atoms with Crippen molar-refractivity contribution < 1.29 is 4.79 Å². The van der Waals surface area contributed by atoms with Crippen LogP contribution < -0.4 is 5.32 Å². The van der Waals surface area contributed by atoms with Crippen molar-refractivity contribution in [3.05, 3.63) is 17.5 Å². The molecule has 17 heavy (non-hydrogen) atoms. The molecule has 0 unspecified atom stereocenters. The van der Waals surface area contributed by atoms with Crippen molar-refractivity contribution in [1.82, 2.24) is 15.1 Å². The molecule has 1 aliphatic carbocycles. The number of carbonyl (C=O) groups excluding carboxylic acids is 1. The first-order chi connectivity index (χ1) is 7.93. The Morgan fingerprint density at radius 2 is 2.18 bits per heavy atom. The van der Waals surface area contributed by atoms with Crippen LogP contribution in [0.25, 0.3) is 0 Å². The Morgan fingerprint density at radius 3 is 2.65 bits per heavy atom. The van der Waals surface area contributed by atoms with Gasteiger partial charge in [0.25, 0.3) is 5.91 Å². The zero-order valence-electron chi connectivity index (χ0n) is 11.1. The Kier molecular flexibility index (Phi) is 2.98. The summed E-state index contributed by atoms with van der Waals surface area (Å²) in [4.78, 5) is 11.8. The highest BCUT2D eigenvalue weighted by molar-refractivity contribution is 5.92. The van der Waals surface area contributed by atoms with Gasteiger partial charge in [0.05, 0.1) is 5.54 Å². The Morgan fingerprint density at radius 1 is 1.53 bits per heavy atom. The van der Waals surface area contributed by atoms with Crippen LogP contribution in [0.15, 0.2) is 6.07 Å². The average molecular weight is 235 g/mol. The van der Waals surface area contributed by atoms with E-state index in [0.717, 1.165) is 0 Å². The number of carbonyl (C=O) groups is 1. The second-order valence-electron chi connectivity index (χ2n) is 5.67. The maximum atomic E-state index is 11.8. The van der Waals surface area contributed by atoms with Gasteiger partial charge in [-0.3, -0.25) is 9.48 Å². The van der Waals surface area contributed by atoms with E-state index in [1.807, 2.05) is 17.7 Å². The summed E-state index contributed by atoms with van der Waals surface area (Å²) >= 11 is 0. The molecule has 0 spiro atoms. The summed E-state index contributed by atoms with van der Waals surface area (Å²) in [5.74, 6) is 0.530. The van der Waals surface area contributed by atoms with Gasteiger partial charge in [0.2, 0.25) is 0 Å². The number of amides is 1. The van der Waals surface area contributed by atoms with E-state index in [9.17, 15) is 4.79 Å². The Bertz CT molecular complexity index is 424. The Labute approximate surface area is 102 Å². The summed E-state index contributed by atoms with van der Waals surface area (Å²) in [5.41, 5.74) is 1.69. The van der Waals surface area contributed by atoms with Crippen LogP contribution >= 0.6 is 0 Å². The summed E-state index contributed by atoms with van der Waals surface area (Å²) in [6.45, 7) is 8.91. The molecule has 1 heterocycles. The van der Waals surface area contributed by atoms with Gasteiger partial charge in [0, 0.05) is 18.2 Å². The molecule has 0 bridgehead atoms. The quantitative estimate of drug-likeness (QED) is 0.873. The molecular weight excluding hydrogens is 214 g/mol. The summed E-state index contributed by atoms with van der Waals surface area (Å²) in [6, 6.07) is 1.95. The van der Waals surface area contributed by atoms with Crippen LogP contribution in [-0.2, 0) is 5.54 Å². The van der Waals surface area contributed by atoms with Gasteiger partial charge in [-0.2, -0.15) is 5.10 Å². The van der Waals surface area contributed by atoms with Crippen LogP contribution in [0.4, 0.5) is 0 Å². The first kappa shape index (κ1) is 12.1. The minimum atomic E-state index is -0.0719. The lowest BCUT2D eigenvalue weighted by Gasteiger charge is -2.22. The van der Waals surface area contributed by atoms with Crippen LogP contribution in [0.5, 0.6) is 0 Å². The lowest BCUT2D eigenvalue weighted by Crippen LogP contribution is -2.27. The van der Waals surface area contributed by atoms with Gasteiger partial charge in [-0.25, -0.2) is 0 Å². The molecule has 1 aliphatic rings. The third-order valence-electron chi connectivity index (χ3n) is 2.94. The van der Waals surface area contributed by atoms with Crippen LogP contribution in [0.1, 0.15) is 62.6 Å². The molecule has 4 nitrogen and oxygen atoms in total. The molecule has 0 saturated heterocycles. The van der Waals surface area contributed by atoms with Crippen molar-refractivity contribution in [2.45, 2.75) is 52.0 Å². The fraction of sp³-hybridized carbons (Fsp3) is 0.692. The summed E-state index contributed by atoms with van der Waals surface area (Å²) in [5, 5.41) is 7.26. The van der Waals surface area contributed by atoms with E-state index in [4.69, 9.17) is 0 Å². The van der Waals surface area contributed by atoms with Crippen LogP contribution in [0, 0.1) is 0 Å². The highest BCUT2D eigenvalue weighted by Crippen LogP contribution is 2.41. The minimum absolute atomic E-state index is 0.0668. The van der Waals surface area contributed by atoms with Crippen LogP contribution in [0.3, 0.4) is 0 Å². The standard InChI is InChI=1S/C13H21N3O/c1-5-14-12(17)10-8-11(9-6-7-9)16(15-10)13(2,3)4/h8-9H,5-7H2,1-4H3,(H,14,17). The molecule has 2 rings (SSSR count). The van der Waals surface area contributed by atoms with Crippen molar-refractivity contribution in [2.24, 2.45) is 0 Å². The van der Waals surface area contributed by atoms with E-state index in [1.165, 1.54) is 18.5 Å². The smallest absolute Gasteiger partial charge is 0.271 e. The number of rotatable bonds is 3. The van der Waals surface area contributed by atoms with E-state index in [-0.39, 0.29) is 11.4 Å². The molecule has 1 aromatic heterocycles. The van der Waals surface area contributed by atoms with Gasteiger partial charge in [0.1, 0.15) is 5.69 Å². The van der Waals surface area contributed by atoms with Crippen molar-refractivity contribution in [3.63, 3.8) is 0 Å². The van der Waals surface area contributed by atoms with E-state index in [0.29, 0.717) is 18.2 Å². The molecule has 0 aromatic carbocycles. The maximum absolute atomic E-state index is 11.8. The Hall–Kier alpha value is -1.32. The van der Waals surface area contributed by atoms with Crippen LogP contribution in [-0.4, -0.2) is 22.2 Å². The zero-order valence-corrected chi connectivity index (χ0v) is 11.1. The molecule has 1 aromatic rings. The van der Waals surface area contributed by atoms with Crippen molar-refractivity contribution in [2.75, 3.05) is 6.54 Å². The molecule has 0 atom stereocenters. The highest BCUT2D eigenvalue weighted by atomic mass is 16.1. The first-order valence-corrected chi connectivity index (χ1v) is 6.32. The summed E-state index contributed by atoms with van der Waals surface area (Å²) in [7, 11) is 0. The number of hydrogen-bond acceptors (Lipinski definition) is 2. The molecule has 0 aliphatic heterocycles. The average Bonchev–Trinajstić information content (AvgIpc) is 2.95. The monoisotopic (exact) mass is 235 g/mol. The third kappa shape index (κ3) is 2.51. The van der Waals surface area contributed by atoms with Gasteiger partial charge >= 0.3 is 0 Å². The van der Waals surface area contributed by atoms with Crippen molar-refractivity contribution >= 4 is 5.91 Å². The number of hydrogen-bond donors (Lipinski definition) is 1. The lowest BCUT2D eigenvalue weighted by atomic mass is 10.1. The molecule has 1 N–H and O–H groups in total. The normalized spacial score (nSPS) is 16.0. The summed E-state index contributed by atoms with van der Waals surface area (Å²) < 4.78 is 2.01. The molecule has 1 amide bonds. The van der Waals surface area contributed by atoms with E-state index in [2.05, 4.69) is 31.2 Å². The molecule has 4 heteroatoms. The van der Waals surface area contributed by atoms with Gasteiger partial charge in [-0.15, -0.1) is 0 Å². The second-order valence-corrected chi connectivity index (χ2v) is 5.67. The lowest BCUT2D eigenvalue weighted by molar-refractivity contribution is 0.0949. The summed E-state index contributed by atoms with van der Waals surface area (Å²) in [6.07, 6.45) is 2.44. The predicted molar refractivity (Wildman–Crippen MR) is 67.2 cm³/mol. The SMILES string of the molecule is CCNC(=O)c1cc(C2CC2)n(C(C)(C)C)n1. The van der Waals surface area contributed by atoms with Crippen LogP contribution in [0.2, 0.25) is 0 Å². The number of nitrogens with one attached hydrogen (secondary N) is 1. The molecular formula is C13H21N3O. The van der Waals surface area contributed by atoms with E-state index < -0.39 is 0 Å². The van der Waals surface area contributed by atoms with E-state index in [1.54, 1.807) is 0 Å². The maximum Gasteiger partial charge on any atom is 0.271 e. The number of aromatic nitrogens is 2. The fourth-order valence-corrected chi connectivity index (χ4v) is 1.96. The molecule has 1 saturated carbocycles. The van der Waals surface area contributed by atoms with Gasteiger partial charge < -0.3 is 5.32 Å². The highest BCUT2D eigenvalue weighted by Gasteiger charge is 2.32.